The van der Waals surface area contributed by atoms with E-state index in [9.17, 15) is 9.90 Å². The number of nitrogens with zero attached hydrogens (tertiary/aromatic N) is 2. The highest BCUT2D eigenvalue weighted by Crippen LogP contribution is 2.47. The van der Waals surface area contributed by atoms with Crippen molar-refractivity contribution in [1.82, 2.24) is 9.88 Å². The average molecular weight is 391 g/mol. The summed E-state index contributed by atoms with van der Waals surface area (Å²) in [5, 5.41) is 9.52. The number of aliphatic carboxylic acids is 1. The Morgan fingerprint density at radius 1 is 1.11 bits per heavy atom. The van der Waals surface area contributed by atoms with Crippen LogP contribution < -0.4 is 0 Å². The van der Waals surface area contributed by atoms with E-state index in [-0.39, 0.29) is 5.37 Å². The number of unbranched alkanes of at least 4 members (excludes halogenated alkanes) is 9. The van der Waals surface area contributed by atoms with Gasteiger partial charge in [-0.2, -0.15) is 0 Å². The Labute approximate surface area is 168 Å². The number of rotatable bonds is 13. The predicted octanol–water partition coefficient (Wildman–Crippen LogP) is 6.37. The normalized spacial score (nSPS) is 17.0. The van der Waals surface area contributed by atoms with Crippen molar-refractivity contribution in [2.75, 3.05) is 6.54 Å². The molecule has 27 heavy (non-hydrogen) atoms. The Kier molecular flexibility index (Phi) is 9.74. The lowest BCUT2D eigenvalue weighted by Gasteiger charge is -2.27. The topological polar surface area (TPSA) is 53.4 Å². The van der Waals surface area contributed by atoms with Gasteiger partial charge >= 0.3 is 5.97 Å². The molecule has 0 spiro atoms. The largest absolute Gasteiger partial charge is 0.477 e. The summed E-state index contributed by atoms with van der Waals surface area (Å²) in [5.41, 5.74) is 1.96. The summed E-state index contributed by atoms with van der Waals surface area (Å²) >= 11 is 1.44. The molecule has 1 atom stereocenters. The van der Waals surface area contributed by atoms with Crippen molar-refractivity contribution in [2.24, 2.45) is 0 Å². The molecule has 1 aliphatic rings. The van der Waals surface area contributed by atoms with E-state index >= 15 is 0 Å². The molecule has 0 bridgehead atoms. The van der Waals surface area contributed by atoms with Gasteiger partial charge in [-0.3, -0.25) is 4.98 Å². The van der Waals surface area contributed by atoms with Gasteiger partial charge in [0, 0.05) is 30.2 Å². The first kappa shape index (κ1) is 21.8. The lowest BCUT2D eigenvalue weighted by Crippen LogP contribution is -2.23. The van der Waals surface area contributed by atoms with Crippen molar-refractivity contribution >= 4 is 17.7 Å². The summed E-state index contributed by atoms with van der Waals surface area (Å²) < 4.78 is 0. The molecule has 1 aromatic rings. The molecule has 5 heteroatoms. The molecule has 0 aliphatic carbocycles. The Morgan fingerprint density at radius 3 is 2.30 bits per heavy atom. The van der Waals surface area contributed by atoms with Crippen molar-refractivity contribution in [3.05, 3.63) is 40.7 Å². The van der Waals surface area contributed by atoms with Crippen LogP contribution in [0.2, 0.25) is 0 Å². The van der Waals surface area contributed by atoms with Crippen molar-refractivity contribution < 1.29 is 9.90 Å². The second-order valence-corrected chi connectivity index (χ2v) is 8.44. The zero-order valence-corrected chi connectivity index (χ0v) is 17.6. The quantitative estimate of drug-likeness (QED) is 0.397. The molecule has 0 radical (unpaired) electrons. The van der Waals surface area contributed by atoms with E-state index < -0.39 is 5.97 Å². The van der Waals surface area contributed by atoms with Crippen LogP contribution in [-0.4, -0.2) is 27.5 Å². The maximum atomic E-state index is 11.6. The highest BCUT2D eigenvalue weighted by Gasteiger charge is 2.34. The fourth-order valence-electron chi connectivity index (χ4n) is 3.60. The molecule has 2 heterocycles. The predicted molar refractivity (Wildman–Crippen MR) is 113 cm³/mol. The highest BCUT2D eigenvalue weighted by atomic mass is 32.2. The van der Waals surface area contributed by atoms with Crippen molar-refractivity contribution in [3.63, 3.8) is 0 Å². The third kappa shape index (κ3) is 6.87. The SMILES string of the molecule is CCCCCCCCCCCCN1C(C)=C(C(=O)O)SC1c1cccnc1. The van der Waals surface area contributed by atoms with Crippen molar-refractivity contribution in [3.8, 4) is 0 Å². The Bertz CT molecular complexity index is 604. The van der Waals surface area contributed by atoms with E-state index in [1.165, 1.54) is 69.5 Å². The standard InChI is InChI=1S/C22H34N2O2S/c1-3-4-5-6-7-8-9-10-11-12-16-24-18(2)20(22(25)26)27-21(24)19-14-13-15-23-17-19/h13-15,17,21H,3-12,16H2,1-2H3,(H,25,26). The number of carboxylic acids is 1. The highest BCUT2D eigenvalue weighted by molar-refractivity contribution is 8.04. The van der Waals surface area contributed by atoms with Gasteiger partial charge in [0.15, 0.2) is 0 Å². The van der Waals surface area contributed by atoms with Gasteiger partial charge in [0.1, 0.15) is 10.3 Å². The summed E-state index contributed by atoms with van der Waals surface area (Å²) in [4.78, 5) is 18.5. The first-order chi connectivity index (χ1) is 13.1. The molecule has 1 N–H and O–H groups in total. The molecule has 0 amide bonds. The van der Waals surface area contributed by atoms with Gasteiger partial charge in [0.25, 0.3) is 0 Å². The molecule has 0 fully saturated rings. The van der Waals surface area contributed by atoms with E-state index in [1.807, 2.05) is 25.3 Å². The first-order valence-corrected chi connectivity index (χ1v) is 11.3. The van der Waals surface area contributed by atoms with E-state index in [0.29, 0.717) is 4.91 Å². The fourth-order valence-corrected chi connectivity index (χ4v) is 4.87. The summed E-state index contributed by atoms with van der Waals surface area (Å²) in [7, 11) is 0. The van der Waals surface area contributed by atoms with E-state index in [2.05, 4.69) is 16.8 Å². The molecule has 2 rings (SSSR count). The Balaban J connectivity index is 1.76. The molecular weight excluding hydrogens is 356 g/mol. The lowest BCUT2D eigenvalue weighted by atomic mass is 10.1. The number of allylic oxidation sites excluding steroid dienone is 1. The third-order valence-corrected chi connectivity index (χ3v) is 6.64. The van der Waals surface area contributed by atoms with E-state index in [4.69, 9.17) is 0 Å². The van der Waals surface area contributed by atoms with Gasteiger partial charge < -0.3 is 10.0 Å². The zero-order chi connectivity index (χ0) is 19.5. The van der Waals surface area contributed by atoms with Gasteiger partial charge in [0.2, 0.25) is 0 Å². The van der Waals surface area contributed by atoms with Gasteiger partial charge in [0.05, 0.1) is 0 Å². The smallest absolute Gasteiger partial charge is 0.344 e. The van der Waals surface area contributed by atoms with Crippen LogP contribution in [0.5, 0.6) is 0 Å². The fraction of sp³-hybridized carbons (Fsp3) is 0.636. The molecule has 1 aliphatic heterocycles. The van der Waals surface area contributed by atoms with Gasteiger partial charge in [-0.15, -0.1) is 0 Å². The Morgan fingerprint density at radius 2 is 1.74 bits per heavy atom. The second-order valence-electron chi connectivity index (χ2n) is 7.35. The maximum absolute atomic E-state index is 11.6. The number of aromatic nitrogens is 1. The van der Waals surface area contributed by atoms with Crippen LogP contribution in [0.1, 0.15) is 89.0 Å². The van der Waals surface area contributed by atoms with Gasteiger partial charge in [-0.25, -0.2) is 4.79 Å². The minimum atomic E-state index is -0.822. The minimum absolute atomic E-state index is 0.0309. The number of thioether (sulfide) groups is 1. The van der Waals surface area contributed by atoms with Crippen LogP contribution in [0.3, 0.4) is 0 Å². The van der Waals surface area contributed by atoms with Crippen LogP contribution in [0, 0.1) is 0 Å². The van der Waals surface area contributed by atoms with Crippen molar-refractivity contribution in [1.29, 1.82) is 0 Å². The molecule has 1 unspecified atom stereocenters. The van der Waals surface area contributed by atoms with E-state index in [0.717, 1.165) is 24.2 Å². The molecule has 0 saturated heterocycles. The number of pyridine rings is 1. The number of carbonyl (C=O) groups is 1. The second kappa shape index (κ2) is 12.1. The maximum Gasteiger partial charge on any atom is 0.344 e. The third-order valence-electron chi connectivity index (χ3n) is 5.19. The monoisotopic (exact) mass is 390 g/mol. The molecule has 150 valence electrons. The first-order valence-electron chi connectivity index (χ1n) is 10.4. The lowest BCUT2D eigenvalue weighted by molar-refractivity contribution is -0.131. The zero-order valence-electron chi connectivity index (χ0n) is 16.8. The molecule has 0 saturated carbocycles. The summed E-state index contributed by atoms with van der Waals surface area (Å²) in [6.07, 6.45) is 16.7. The van der Waals surface area contributed by atoms with Gasteiger partial charge in [-0.1, -0.05) is 82.5 Å². The molecule has 0 aromatic carbocycles. The number of carboxylic acid groups (broad SMARTS) is 1. The molecule has 1 aromatic heterocycles. The number of hydrogen-bond acceptors (Lipinski definition) is 4. The van der Waals surface area contributed by atoms with Crippen LogP contribution in [0.4, 0.5) is 0 Å². The van der Waals surface area contributed by atoms with Crippen LogP contribution in [0.25, 0.3) is 0 Å². The van der Waals surface area contributed by atoms with Crippen LogP contribution >= 0.6 is 11.8 Å². The number of hydrogen-bond donors (Lipinski definition) is 1. The summed E-state index contributed by atoms with van der Waals surface area (Å²) in [6, 6.07) is 3.96. The summed E-state index contributed by atoms with van der Waals surface area (Å²) in [6.45, 7) is 5.10. The van der Waals surface area contributed by atoms with E-state index in [1.54, 1.807) is 6.20 Å². The molecular formula is C22H34N2O2S. The van der Waals surface area contributed by atoms with Gasteiger partial charge in [-0.05, 0) is 19.4 Å². The Hall–Kier alpha value is -1.49. The summed E-state index contributed by atoms with van der Waals surface area (Å²) in [5.74, 6) is -0.822. The molecule has 4 nitrogen and oxygen atoms in total. The van der Waals surface area contributed by atoms with Crippen LogP contribution in [-0.2, 0) is 4.79 Å². The average Bonchev–Trinajstić information content (AvgIpc) is 3.01. The minimum Gasteiger partial charge on any atom is -0.477 e. The van der Waals surface area contributed by atoms with Crippen molar-refractivity contribution in [2.45, 2.75) is 83.4 Å². The van der Waals surface area contributed by atoms with Crippen LogP contribution in [0.15, 0.2) is 35.1 Å².